The Morgan fingerprint density at radius 3 is 2.48 bits per heavy atom. The lowest BCUT2D eigenvalue weighted by atomic mass is 10.1. The number of carbonyl (C=O) groups excluding carboxylic acids is 1. The quantitative estimate of drug-likeness (QED) is 0.416. The van der Waals surface area contributed by atoms with Gasteiger partial charge in [0.05, 0.1) is 18.1 Å². The highest BCUT2D eigenvalue weighted by atomic mass is 16.5. The molecule has 1 aliphatic rings. The highest BCUT2D eigenvalue weighted by Crippen LogP contribution is 2.39. The van der Waals surface area contributed by atoms with Gasteiger partial charge >= 0.3 is 0 Å². The number of hydrogen-bond donors (Lipinski definition) is 3. The minimum absolute atomic E-state index is 0.0650. The number of phenols is 2. The van der Waals surface area contributed by atoms with Crippen molar-refractivity contribution in [1.29, 1.82) is 0 Å². The molecular weight excluding hydrogens is 420 g/mol. The molecule has 2 heterocycles. The van der Waals surface area contributed by atoms with E-state index in [1.54, 1.807) is 6.07 Å². The molecule has 0 unspecified atom stereocenters. The molecule has 168 valence electrons. The van der Waals surface area contributed by atoms with E-state index in [-0.39, 0.29) is 23.2 Å². The van der Waals surface area contributed by atoms with Crippen LogP contribution >= 0.6 is 0 Å². The second-order valence-corrected chi connectivity index (χ2v) is 7.98. The molecule has 1 aliphatic heterocycles. The number of carbonyl (C=O) groups is 1. The molecule has 33 heavy (non-hydrogen) atoms. The molecule has 3 aromatic carbocycles. The van der Waals surface area contributed by atoms with Crippen molar-refractivity contribution >= 4 is 22.6 Å². The summed E-state index contributed by atoms with van der Waals surface area (Å²) in [5.41, 5.74) is 4.01. The number of amides is 1. The number of fused-ring (bicyclic) bond motifs is 1. The van der Waals surface area contributed by atoms with Crippen LogP contribution in [0.2, 0.25) is 0 Å². The number of phenolic OH excluding ortho intramolecular Hbond substituents is 2. The number of benzene rings is 3. The van der Waals surface area contributed by atoms with Crippen LogP contribution in [0.4, 0.5) is 5.69 Å². The number of aromatic hydroxyl groups is 2. The fraction of sp³-hybridized carbons (Fsp3) is 0.200. The first-order chi connectivity index (χ1) is 16.0. The van der Waals surface area contributed by atoms with Crippen LogP contribution in [0, 0.1) is 0 Å². The molecule has 4 aromatic rings. The summed E-state index contributed by atoms with van der Waals surface area (Å²) in [6.07, 6.45) is 0. The van der Waals surface area contributed by atoms with Gasteiger partial charge in [-0.1, -0.05) is 18.2 Å². The van der Waals surface area contributed by atoms with Gasteiger partial charge in [0, 0.05) is 43.0 Å². The molecule has 8 heteroatoms. The van der Waals surface area contributed by atoms with Gasteiger partial charge in [-0.25, -0.2) is 4.98 Å². The summed E-state index contributed by atoms with van der Waals surface area (Å²) in [7, 11) is 1.43. The van der Waals surface area contributed by atoms with Gasteiger partial charge in [0.1, 0.15) is 5.82 Å². The monoisotopic (exact) mass is 444 g/mol. The molecule has 0 radical (unpaired) electrons. The SMILES string of the molecule is COc1cc(-c2nc3cc(N4CCN(C(=O)c5ccccc5)CC4)ccc3[nH]2)cc(O)c1O. The van der Waals surface area contributed by atoms with Gasteiger partial charge in [-0.3, -0.25) is 4.79 Å². The minimum Gasteiger partial charge on any atom is -0.504 e. The first-order valence-electron chi connectivity index (χ1n) is 10.7. The maximum Gasteiger partial charge on any atom is 0.253 e. The third kappa shape index (κ3) is 3.91. The minimum atomic E-state index is -0.301. The van der Waals surface area contributed by atoms with Gasteiger partial charge in [-0.2, -0.15) is 0 Å². The molecular formula is C25H24N4O4. The summed E-state index contributed by atoms with van der Waals surface area (Å²) in [6.45, 7) is 2.79. The van der Waals surface area contributed by atoms with Crippen molar-refractivity contribution in [2.45, 2.75) is 0 Å². The molecule has 0 bridgehead atoms. The zero-order valence-electron chi connectivity index (χ0n) is 18.2. The Bertz CT molecular complexity index is 1310. The fourth-order valence-electron chi connectivity index (χ4n) is 4.14. The number of imidazole rings is 1. The van der Waals surface area contributed by atoms with Crippen molar-refractivity contribution < 1.29 is 19.7 Å². The lowest BCUT2D eigenvalue weighted by molar-refractivity contribution is 0.0747. The number of hydrogen-bond acceptors (Lipinski definition) is 6. The highest BCUT2D eigenvalue weighted by Gasteiger charge is 2.22. The van der Waals surface area contributed by atoms with Gasteiger partial charge in [-0.05, 0) is 42.5 Å². The molecule has 0 spiro atoms. The molecule has 1 fully saturated rings. The third-order valence-electron chi connectivity index (χ3n) is 5.97. The smallest absolute Gasteiger partial charge is 0.253 e. The standard InChI is InChI=1S/C25H24N4O4/c1-33-22-14-17(13-21(30)23(22)31)24-26-19-8-7-18(15-20(19)27-24)28-9-11-29(12-10-28)25(32)16-5-3-2-4-6-16/h2-8,13-15,30-31H,9-12H2,1H3,(H,26,27). The summed E-state index contributed by atoms with van der Waals surface area (Å²) in [5, 5.41) is 19.9. The molecule has 5 rings (SSSR count). The topological polar surface area (TPSA) is 102 Å². The average molecular weight is 444 g/mol. The van der Waals surface area contributed by atoms with E-state index >= 15 is 0 Å². The highest BCUT2D eigenvalue weighted by molar-refractivity contribution is 5.94. The second-order valence-electron chi connectivity index (χ2n) is 7.98. The first-order valence-corrected chi connectivity index (χ1v) is 10.7. The van der Waals surface area contributed by atoms with E-state index in [4.69, 9.17) is 4.74 Å². The van der Waals surface area contributed by atoms with E-state index in [2.05, 4.69) is 14.9 Å². The van der Waals surface area contributed by atoms with Crippen molar-refractivity contribution in [2.75, 3.05) is 38.2 Å². The molecule has 1 amide bonds. The third-order valence-corrected chi connectivity index (χ3v) is 5.97. The molecule has 3 N–H and O–H groups in total. The number of piperazine rings is 1. The summed E-state index contributed by atoms with van der Waals surface area (Å²) in [5.74, 6) is 0.233. The number of rotatable bonds is 4. The van der Waals surface area contributed by atoms with Crippen LogP contribution in [0.5, 0.6) is 17.2 Å². The predicted molar refractivity (Wildman–Crippen MR) is 126 cm³/mol. The van der Waals surface area contributed by atoms with E-state index < -0.39 is 0 Å². The average Bonchev–Trinajstić information content (AvgIpc) is 3.29. The lowest BCUT2D eigenvalue weighted by Crippen LogP contribution is -2.48. The van der Waals surface area contributed by atoms with Crippen LogP contribution in [-0.2, 0) is 0 Å². The Labute approximate surface area is 190 Å². The number of H-pyrrole nitrogens is 1. The maximum absolute atomic E-state index is 12.7. The normalized spacial score (nSPS) is 14.0. The molecule has 0 atom stereocenters. The van der Waals surface area contributed by atoms with Crippen LogP contribution in [0.1, 0.15) is 10.4 Å². The number of aromatic amines is 1. The predicted octanol–water partition coefficient (Wildman–Crippen LogP) is 3.61. The van der Waals surface area contributed by atoms with Crippen molar-refractivity contribution in [3.63, 3.8) is 0 Å². The van der Waals surface area contributed by atoms with Crippen LogP contribution in [0.15, 0.2) is 60.7 Å². The zero-order chi connectivity index (χ0) is 22.9. The van der Waals surface area contributed by atoms with E-state index in [1.807, 2.05) is 53.4 Å². The number of nitrogens with zero attached hydrogens (tertiary/aromatic N) is 3. The van der Waals surface area contributed by atoms with E-state index in [0.29, 0.717) is 30.0 Å². The van der Waals surface area contributed by atoms with Crippen molar-refractivity contribution in [1.82, 2.24) is 14.9 Å². The van der Waals surface area contributed by atoms with Crippen molar-refractivity contribution in [2.24, 2.45) is 0 Å². The van der Waals surface area contributed by atoms with E-state index in [9.17, 15) is 15.0 Å². The van der Waals surface area contributed by atoms with Crippen LogP contribution < -0.4 is 9.64 Å². The summed E-state index contributed by atoms with van der Waals surface area (Å²) >= 11 is 0. The number of anilines is 1. The number of methoxy groups -OCH3 is 1. The molecule has 1 saturated heterocycles. The molecule has 1 aromatic heterocycles. The van der Waals surface area contributed by atoms with Crippen LogP contribution in [0.3, 0.4) is 0 Å². The molecule has 0 saturated carbocycles. The Kier molecular flexibility index (Phi) is 5.26. The number of aromatic nitrogens is 2. The largest absolute Gasteiger partial charge is 0.504 e. The summed E-state index contributed by atoms with van der Waals surface area (Å²) in [6, 6.07) is 18.5. The van der Waals surface area contributed by atoms with Crippen molar-refractivity contribution in [3.05, 3.63) is 66.2 Å². The van der Waals surface area contributed by atoms with E-state index in [0.717, 1.165) is 29.8 Å². The summed E-state index contributed by atoms with van der Waals surface area (Å²) in [4.78, 5) is 24.8. The summed E-state index contributed by atoms with van der Waals surface area (Å²) < 4.78 is 5.13. The second kappa shape index (κ2) is 8.38. The number of nitrogens with one attached hydrogen (secondary N) is 1. The zero-order valence-corrected chi connectivity index (χ0v) is 18.2. The number of ether oxygens (including phenoxy) is 1. The maximum atomic E-state index is 12.7. The van der Waals surface area contributed by atoms with Gasteiger partial charge in [-0.15, -0.1) is 0 Å². The van der Waals surface area contributed by atoms with Gasteiger partial charge in [0.2, 0.25) is 5.75 Å². The fourth-order valence-corrected chi connectivity index (χ4v) is 4.14. The molecule has 8 nitrogen and oxygen atoms in total. The Hall–Kier alpha value is -4.20. The van der Waals surface area contributed by atoms with Crippen LogP contribution in [0.25, 0.3) is 22.4 Å². The Balaban J connectivity index is 1.34. The molecule has 0 aliphatic carbocycles. The van der Waals surface area contributed by atoms with Gasteiger partial charge in [0.15, 0.2) is 11.5 Å². The van der Waals surface area contributed by atoms with Crippen LogP contribution in [-0.4, -0.2) is 64.3 Å². The van der Waals surface area contributed by atoms with Gasteiger partial charge in [0.25, 0.3) is 5.91 Å². The lowest BCUT2D eigenvalue weighted by Gasteiger charge is -2.36. The van der Waals surface area contributed by atoms with E-state index in [1.165, 1.54) is 13.2 Å². The Morgan fingerprint density at radius 1 is 1.00 bits per heavy atom. The first kappa shape index (κ1) is 20.7. The Morgan fingerprint density at radius 2 is 1.76 bits per heavy atom. The van der Waals surface area contributed by atoms with Crippen molar-refractivity contribution in [3.8, 4) is 28.6 Å². The van der Waals surface area contributed by atoms with Gasteiger partial charge < -0.3 is 29.7 Å².